The average Bonchev–Trinajstić information content (AvgIpc) is 2.60. The number of nitrogens with zero attached hydrogens (tertiary/aromatic N) is 2. The second kappa shape index (κ2) is 7.31. The normalized spacial score (nSPS) is 27.4. The molecule has 2 rings (SSSR count). The van der Waals surface area contributed by atoms with Gasteiger partial charge in [0.2, 0.25) is 5.91 Å². The van der Waals surface area contributed by atoms with Gasteiger partial charge < -0.3 is 10.6 Å². The molecule has 2 N–H and O–H groups in total. The van der Waals surface area contributed by atoms with Crippen molar-refractivity contribution in [1.82, 2.24) is 9.80 Å². The predicted molar refractivity (Wildman–Crippen MR) is 75.9 cm³/mol. The number of rotatable bonds is 2. The summed E-state index contributed by atoms with van der Waals surface area (Å²) in [5.74, 6) is 0.306. The Hall–Kier alpha value is -0.320. The van der Waals surface area contributed by atoms with Crippen molar-refractivity contribution in [3.05, 3.63) is 0 Å². The van der Waals surface area contributed by atoms with Crippen LogP contribution in [-0.4, -0.2) is 54.0 Å². The Morgan fingerprint density at radius 1 is 1.17 bits per heavy atom. The molecule has 2 aliphatic rings. The maximum atomic E-state index is 12.4. The minimum atomic E-state index is 0. The van der Waals surface area contributed by atoms with Crippen LogP contribution in [0.5, 0.6) is 0 Å². The zero-order valence-electron chi connectivity index (χ0n) is 11.3. The van der Waals surface area contributed by atoms with E-state index in [2.05, 4.69) is 9.80 Å². The van der Waals surface area contributed by atoms with Crippen LogP contribution in [0.1, 0.15) is 39.0 Å². The molecule has 4 nitrogen and oxygen atoms in total. The standard InChI is InChI=1S/C13H25N3O.ClH/c1-11(16-9-6-12(14)10-16)13(17)15-7-4-2-3-5-8-15;/h11-12H,2-10,14H2,1H3;1H. The second-order valence-electron chi connectivity index (χ2n) is 5.46. The largest absolute Gasteiger partial charge is 0.341 e. The molecule has 1 amide bonds. The minimum absolute atomic E-state index is 0. The van der Waals surface area contributed by atoms with Crippen LogP contribution >= 0.6 is 12.4 Å². The molecule has 18 heavy (non-hydrogen) atoms. The van der Waals surface area contributed by atoms with Gasteiger partial charge in [-0.15, -0.1) is 12.4 Å². The van der Waals surface area contributed by atoms with Gasteiger partial charge in [-0.3, -0.25) is 9.69 Å². The molecule has 2 heterocycles. The zero-order valence-corrected chi connectivity index (χ0v) is 12.1. The first-order valence-corrected chi connectivity index (χ1v) is 6.97. The Balaban J connectivity index is 0.00000162. The van der Waals surface area contributed by atoms with Crippen molar-refractivity contribution in [2.45, 2.75) is 51.1 Å². The van der Waals surface area contributed by atoms with Gasteiger partial charge in [-0.05, 0) is 26.2 Å². The number of carbonyl (C=O) groups excluding carboxylic acids is 1. The van der Waals surface area contributed by atoms with Crippen molar-refractivity contribution in [3.8, 4) is 0 Å². The van der Waals surface area contributed by atoms with Crippen molar-refractivity contribution in [1.29, 1.82) is 0 Å². The number of hydrogen-bond acceptors (Lipinski definition) is 3. The molecule has 0 bridgehead atoms. The number of hydrogen-bond donors (Lipinski definition) is 1. The third-order valence-electron chi connectivity index (χ3n) is 4.08. The highest BCUT2D eigenvalue weighted by atomic mass is 35.5. The molecule has 2 saturated heterocycles. The number of likely N-dealkylation sites (tertiary alicyclic amines) is 2. The molecular weight excluding hydrogens is 250 g/mol. The summed E-state index contributed by atoms with van der Waals surface area (Å²) >= 11 is 0. The first-order chi connectivity index (χ1) is 8.18. The van der Waals surface area contributed by atoms with E-state index in [-0.39, 0.29) is 24.5 Å². The van der Waals surface area contributed by atoms with Crippen LogP contribution in [0.2, 0.25) is 0 Å². The third kappa shape index (κ3) is 3.84. The van der Waals surface area contributed by atoms with Gasteiger partial charge in [0, 0.05) is 32.2 Å². The number of nitrogens with two attached hydrogens (primary N) is 1. The summed E-state index contributed by atoms with van der Waals surface area (Å²) in [5.41, 5.74) is 5.90. The summed E-state index contributed by atoms with van der Waals surface area (Å²) in [7, 11) is 0. The second-order valence-corrected chi connectivity index (χ2v) is 5.46. The van der Waals surface area contributed by atoms with Crippen molar-refractivity contribution in [2.24, 2.45) is 5.73 Å². The lowest BCUT2D eigenvalue weighted by atomic mass is 10.2. The Morgan fingerprint density at radius 3 is 2.28 bits per heavy atom. The molecule has 2 unspecified atom stereocenters. The number of halogens is 1. The van der Waals surface area contributed by atoms with Crippen molar-refractivity contribution >= 4 is 18.3 Å². The molecule has 0 aliphatic carbocycles. The summed E-state index contributed by atoms with van der Waals surface area (Å²) in [5, 5.41) is 0. The lowest BCUT2D eigenvalue weighted by Gasteiger charge is -2.29. The van der Waals surface area contributed by atoms with E-state index >= 15 is 0 Å². The van der Waals surface area contributed by atoms with Crippen LogP contribution in [-0.2, 0) is 4.79 Å². The SMILES string of the molecule is CC(C(=O)N1CCCCCC1)N1CCC(N)C1.Cl. The molecule has 2 fully saturated rings. The van der Waals surface area contributed by atoms with Gasteiger partial charge in [-0.2, -0.15) is 0 Å². The first-order valence-electron chi connectivity index (χ1n) is 6.97. The summed E-state index contributed by atoms with van der Waals surface area (Å²) < 4.78 is 0. The Bertz CT molecular complexity index is 267. The monoisotopic (exact) mass is 275 g/mol. The Morgan fingerprint density at radius 2 is 1.78 bits per heavy atom. The third-order valence-corrected chi connectivity index (χ3v) is 4.08. The first kappa shape index (κ1) is 15.7. The maximum Gasteiger partial charge on any atom is 0.239 e. The highest BCUT2D eigenvalue weighted by molar-refractivity contribution is 5.85. The minimum Gasteiger partial charge on any atom is -0.341 e. The fraction of sp³-hybridized carbons (Fsp3) is 0.923. The average molecular weight is 276 g/mol. The van der Waals surface area contributed by atoms with Crippen LogP contribution in [0.25, 0.3) is 0 Å². The molecule has 2 atom stereocenters. The molecule has 0 saturated carbocycles. The van der Waals surface area contributed by atoms with Gasteiger partial charge in [0.1, 0.15) is 0 Å². The summed E-state index contributed by atoms with van der Waals surface area (Å²) in [6.45, 7) is 5.78. The zero-order chi connectivity index (χ0) is 12.3. The van der Waals surface area contributed by atoms with Crippen LogP contribution in [0.3, 0.4) is 0 Å². The molecule has 0 aromatic carbocycles. The fourth-order valence-electron chi connectivity index (χ4n) is 2.88. The Kier molecular flexibility index (Phi) is 6.39. The van der Waals surface area contributed by atoms with E-state index in [0.29, 0.717) is 5.91 Å². The molecular formula is C13H26ClN3O. The van der Waals surface area contributed by atoms with Gasteiger partial charge in [-0.25, -0.2) is 0 Å². The molecule has 106 valence electrons. The van der Waals surface area contributed by atoms with E-state index in [1.54, 1.807) is 0 Å². The van der Waals surface area contributed by atoms with E-state index < -0.39 is 0 Å². The highest BCUT2D eigenvalue weighted by Crippen LogP contribution is 2.16. The fourth-order valence-corrected chi connectivity index (χ4v) is 2.88. The summed E-state index contributed by atoms with van der Waals surface area (Å²) in [4.78, 5) is 16.7. The van der Waals surface area contributed by atoms with Gasteiger partial charge in [-0.1, -0.05) is 12.8 Å². The van der Waals surface area contributed by atoms with Gasteiger partial charge >= 0.3 is 0 Å². The van der Waals surface area contributed by atoms with Crippen LogP contribution in [0, 0.1) is 0 Å². The van der Waals surface area contributed by atoms with Crippen molar-refractivity contribution in [2.75, 3.05) is 26.2 Å². The van der Waals surface area contributed by atoms with E-state index in [1.165, 1.54) is 12.8 Å². The number of carbonyl (C=O) groups is 1. The van der Waals surface area contributed by atoms with Crippen LogP contribution in [0.4, 0.5) is 0 Å². The Labute approximate surface area is 116 Å². The molecule has 2 aliphatic heterocycles. The highest BCUT2D eigenvalue weighted by Gasteiger charge is 2.30. The lowest BCUT2D eigenvalue weighted by Crippen LogP contribution is -2.47. The van der Waals surface area contributed by atoms with Crippen molar-refractivity contribution in [3.63, 3.8) is 0 Å². The molecule has 0 radical (unpaired) electrons. The molecule has 5 heteroatoms. The summed E-state index contributed by atoms with van der Waals surface area (Å²) in [6, 6.07) is 0.274. The molecule has 0 spiro atoms. The smallest absolute Gasteiger partial charge is 0.239 e. The van der Waals surface area contributed by atoms with E-state index in [9.17, 15) is 4.79 Å². The molecule has 0 aromatic rings. The lowest BCUT2D eigenvalue weighted by molar-refractivity contribution is -0.136. The van der Waals surface area contributed by atoms with Crippen LogP contribution in [0.15, 0.2) is 0 Å². The van der Waals surface area contributed by atoms with Gasteiger partial charge in [0.15, 0.2) is 0 Å². The van der Waals surface area contributed by atoms with E-state index in [0.717, 1.165) is 45.4 Å². The topological polar surface area (TPSA) is 49.6 Å². The maximum absolute atomic E-state index is 12.4. The summed E-state index contributed by atoms with van der Waals surface area (Å²) in [6.07, 6.45) is 5.90. The van der Waals surface area contributed by atoms with E-state index in [1.807, 2.05) is 6.92 Å². The quantitative estimate of drug-likeness (QED) is 0.825. The predicted octanol–water partition coefficient (Wildman–Crippen LogP) is 1.23. The van der Waals surface area contributed by atoms with Crippen molar-refractivity contribution < 1.29 is 4.79 Å². The molecule has 0 aromatic heterocycles. The van der Waals surface area contributed by atoms with Crippen LogP contribution < -0.4 is 5.73 Å². The van der Waals surface area contributed by atoms with E-state index in [4.69, 9.17) is 5.73 Å². The van der Waals surface area contributed by atoms with Gasteiger partial charge in [0.25, 0.3) is 0 Å². The number of amides is 1. The van der Waals surface area contributed by atoms with Gasteiger partial charge in [0.05, 0.1) is 6.04 Å².